The van der Waals surface area contributed by atoms with E-state index in [-0.39, 0.29) is 4.90 Å². The Bertz CT molecular complexity index is 559. The highest BCUT2D eigenvalue weighted by Crippen LogP contribution is 2.29. The van der Waals surface area contributed by atoms with Crippen molar-refractivity contribution in [1.82, 2.24) is 0 Å². The molecule has 1 atom stereocenters. The highest BCUT2D eigenvalue weighted by Gasteiger charge is 2.15. The molecule has 0 aliphatic heterocycles. The van der Waals surface area contributed by atoms with E-state index >= 15 is 0 Å². The van der Waals surface area contributed by atoms with E-state index in [1.54, 1.807) is 13.0 Å². The molecule has 0 spiro atoms. The van der Waals surface area contributed by atoms with Gasteiger partial charge in [-0.05, 0) is 25.1 Å². The molecule has 92 valence electrons. The molecule has 6 heteroatoms. The topological polar surface area (TPSA) is 72.8 Å². The second-order valence-corrected chi connectivity index (χ2v) is 5.59. The van der Waals surface area contributed by atoms with E-state index in [9.17, 15) is 13.2 Å². The fourth-order valence-electron chi connectivity index (χ4n) is 1.42. The SMILES string of the molecule is COc1ccc(S(C)(=O)=O)cc1C(C)N=C=O. The molecule has 17 heavy (non-hydrogen) atoms. The summed E-state index contributed by atoms with van der Waals surface area (Å²) in [5.41, 5.74) is 0.541. The first-order valence-electron chi connectivity index (χ1n) is 4.85. The standard InChI is InChI=1S/C11H13NO4S/c1-8(12-7-13)10-6-9(17(3,14)15)4-5-11(10)16-2/h4-6,8H,1-3H3. The minimum Gasteiger partial charge on any atom is -0.496 e. The van der Waals surface area contributed by atoms with Gasteiger partial charge in [0.25, 0.3) is 0 Å². The van der Waals surface area contributed by atoms with Gasteiger partial charge in [-0.25, -0.2) is 13.2 Å². The molecule has 0 amide bonds. The van der Waals surface area contributed by atoms with Gasteiger partial charge in [-0.1, -0.05) is 0 Å². The van der Waals surface area contributed by atoms with E-state index in [2.05, 4.69) is 4.99 Å². The zero-order chi connectivity index (χ0) is 13.1. The summed E-state index contributed by atoms with van der Waals surface area (Å²) in [6, 6.07) is 3.96. The van der Waals surface area contributed by atoms with Gasteiger partial charge in [0.15, 0.2) is 9.84 Å². The van der Waals surface area contributed by atoms with Gasteiger partial charge in [0.2, 0.25) is 6.08 Å². The third-order valence-corrected chi connectivity index (χ3v) is 3.44. The molecular weight excluding hydrogens is 242 g/mol. The molecule has 0 aliphatic carbocycles. The van der Waals surface area contributed by atoms with Gasteiger partial charge in [0, 0.05) is 11.8 Å². The van der Waals surface area contributed by atoms with Gasteiger partial charge < -0.3 is 4.74 Å². The van der Waals surface area contributed by atoms with Crippen molar-refractivity contribution in [3.63, 3.8) is 0 Å². The predicted molar refractivity (Wildman–Crippen MR) is 62.6 cm³/mol. The van der Waals surface area contributed by atoms with Crippen LogP contribution in [-0.2, 0) is 14.6 Å². The third-order valence-electron chi connectivity index (χ3n) is 2.33. The van der Waals surface area contributed by atoms with E-state index in [0.717, 1.165) is 6.26 Å². The number of benzene rings is 1. The van der Waals surface area contributed by atoms with Crippen molar-refractivity contribution in [2.45, 2.75) is 17.9 Å². The maximum absolute atomic E-state index is 11.4. The molecule has 0 heterocycles. The lowest BCUT2D eigenvalue weighted by molar-refractivity contribution is 0.406. The van der Waals surface area contributed by atoms with Gasteiger partial charge in [-0.3, -0.25) is 0 Å². The summed E-state index contributed by atoms with van der Waals surface area (Å²) >= 11 is 0. The summed E-state index contributed by atoms with van der Waals surface area (Å²) < 4.78 is 27.9. The Hall–Kier alpha value is -1.65. The summed E-state index contributed by atoms with van der Waals surface area (Å²) in [6.45, 7) is 1.66. The van der Waals surface area contributed by atoms with Crippen LogP contribution in [0.15, 0.2) is 28.1 Å². The zero-order valence-corrected chi connectivity index (χ0v) is 10.6. The van der Waals surface area contributed by atoms with Gasteiger partial charge in [-0.2, -0.15) is 4.99 Å². The summed E-state index contributed by atoms with van der Waals surface area (Å²) in [7, 11) is -1.83. The van der Waals surface area contributed by atoms with Crippen molar-refractivity contribution in [3.05, 3.63) is 23.8 Å². The quantitative estimate of drug-likeness (QED) is 0.603. The Kier molecular flexibility index (Phi) is 4.04. The molecule has 1 rings (SSSR count). The fourth-order valence-corrected chi connectivity index (χ4v) is 2.07. The van der Waals surface area contributed by atoms with Gasteiger partial charge >= 0.3 is 0 Å². The number of rotatable bonds is 4. The van der Waals surface area contributed by atoms with Crippen LogP contribution in [-0.4, -0.2) is 27.9 Å². The molecule has 0 radical (unpaired) electrons. The molecule has 0 saturated carbocycles. The van der Waals surface area contributed by atoms with Crippen molar-refractivity contribution < 1.29 is 17.9 Å². The Labute approximate surface area is 100 Å². The largest absolute Gasteiger partial charge is 0.496 e. The minimum absolute atomic E-state index is 0.168. The molecule has 0 aromatic heterocycles. The monoisotopic (exact) mass is 255 g/mol. The van der Waals surface area contributed by atoms with Crippen molar-refractivity contribution >= 4 is 15.9 Å². The van der Waals surface area contributed by atoms with Gasteiger partial charge in [0.1, 0.15) is 5.75 Å². The normalized spacial score (nSPS) is 12.6. The Morgan fingerprint density at radius 2 is 2.06 bits per heavy atom. The summed E-state index contributed by atoms with van der Waals surface area (Å²) in [6.07, 6.45) is 2.56. The van der Waals surface area contributed by atoms with E-state index in [4.69, 9.17) is 4.74 Å². The fraction of sp³-hybridized carbons (Fsp3) is 0.364. The van der Waals surface area contributed by atoms with Crippen LogP contribution >= 0.6 is 0 Å². The number of aliphatic imine (C=N–C) groups is 1. The summed E-state index contributed by atoms with van der Waals surface area (Å²) in [4.78, 5) is 13.9. The first-order valence-corrected chi connectivity index (χ1v) is 6.74. The van der Waals surface area contributed by atoms with Crippen LogP contribution in [0.1, 0.15) is 18.5 Å². The lowest BCUT2D eigenvalue weighted by Gasteiger charge is -2.12. The second-order valence-electron chi connectivity index (χ2n) is 3.57. The lowest BCUT2D eigenvalue weighted by atomic mass is 10.1. The predicted octanol–water partition coefficient (Wildman–Crippen LogP) is 1.50. The van der Waals surface area contributed by atoms with E-state index < -0.39 is 15.9 Å². The molecule has 0 N–H and O–H groups in total. The molecule has 1 aromatic carbocycles. The van der Waals surface area contributed by atoms with Crippen LogP contribution in [0.5, 0.6) is 5.75 Å². The average Bonchev–Trinajstić information content (AvgIpc) is 2.27. The molecule has 0 aliphatic rings. The number of sulfone groups is 1. The van der Waals surface area contributed by atoms with Crippen LogP contribution < -0.4 is 4.74 Å². The first kappa shape index (κ1) is 13.4. The van der Waals surface area contributed by atoms with Crippen molar-refractivity contribution in [1.29, 1.82) is 0 Å². The molecule has 0 bridgehead atoms. The van der Waals surface area contributed by atoms with Crippen molar-refractivity contribution in [3.8, 4) is 5.75 Å². The van der Waals surface area contributed by atoms with Gasteiger partial charge in [-0.15, -0.1) is 0 Å². The average molecular weight is 255 g/mol. The molecule has 0 fully saturated rings. The molecule has 0 saturated heterocycles. The smallest absolute Gasteiger partial charge is 0.235 e. The number of isocyanates is 1. The Morgan fingerprint density at radius 3 is 2.53 bits per heavy atom. The van der Waals surface area contributed by atoms with Crippen LogP contribution in [0.3, 0.4) is 0 Å². The molecule has 1 aromatic rings. The zero-order valence-electron chi connectivity index (χ0n) is 9.80. The van der Waals surface area contributed by atoms with Crippen molar-refractivity contribution in [2.24, 2.45) is 4.99 Å². The third kappa shape index (κ3) is 3.15. The Morgan fingerprint density at radius 1 is 1.41 bits per heavy atom. The summed E-state index contributed by atoms with van der Waals surface area (Å²) in [5, 5.41) is 0. The van der Waals surface area contributed by atoms with Gasteiger partial charge in [0.05, 0.1) is 18.0 Å². The number of carbonyl (C=O) groups excluding carboxylic acids is 1. The van der Waals surface area contributed by atoms with Crippen LogP contribution in [0, 0.1) is 0 Å². The molecular formula is C11H13NO4S. The Balaban J connectivity index is 3.39. The van der Waals surface area contributed by atoms with E-state index in [1.807, 2.05) is 0 Å². The maximum Gasteiger partial charge on any atom is 0.235 e. The minimum atomic E-state index is -3.29. The number of nitrogens with zero attached hydrogens (tertiary/aromatic N) is 1. The summed E-state index contributed by atoms with van der Waals surface area (Å²) in [5.74, 6) is 0.490. The van der Waals surface area contributed by atoms with E-state index in [1.165, 1.54) is 25.3 Å². The van der Waals surface area contributed by atoms with Crippen LogP contribution in [0.2, 0.25) is 0 Å². The molecule has 5 nitrogen and oxygen atoms in total. The highest BCUT2D eigenvalue weighted by atomic mass is 32.2. The highest BCUT2D eigenvalue weighted by molar-refractivity contribution is 7.90. The molecule has 1 unspecified atom stereocenters. The number of hydrogen-bond donors (Lipinski definition) is 0. The first-order chi connectivity index (χ1) is 7.90. The number of methoxy groups -OCH3 is 1. The van der Waals surface area contributed by atoms with Crippen molar-refractivity contribution in [2.75, 3.05) is 13.4 Å². The second kappa shape index (κ2) is 5.12. The maximum atomic E-state index is 11.4. The lowest BCUT2D eigenvalue weighted by Crippen LogP contribution is -2.01. The van der Waals surface area contributed by atoms with E-state index in [0.29, 0.717) is 11.3 Å². The number of ether oxygens (including phenoxy) is 1. The van der Waals surface area contributed by atoms with Crippen LogP contribution in [0.25, 0.3) is 0 Å². The van der Waals surface area contributed by atoms with Crippen LogP contribution in [0.4, 0.5) is 0 Å². The number of hydrogen-bond acceptors (Lipinski definition) is 5.